The van der Waals surface area contributed by atoms with Crippen LogP contribution in [0.4, 0.5) is 0 Å². The molecule has 0 heterocycles. The average Bonchev–Trinajstić information content (AvgIpc) is 2.65. The van der Waals surface area contributed by atoms with Crippen LogP contribution in [0, 0.1) is 0 Å². The molecule has 0 fully saturated rings. The Hall–Kier alpha value is -3.46. The molecule has 0 aromatic rings. The first-order valence-corrected chi connectivity index (χ1v) is 8.71. The zero-order chi connectivity index (χ0) is 23.3. The van der Waals surface area contributed by atoms with Crippen LogP contribution in [0.15, 0.2) is 4.99 Å². The third-order valence-electron chi connectivity index (χ3n) is 3.56. The number of hydrogen-bond donors (Lipinski definition) is 9. The molecule has 0 bridgehead atoms. The first-order valence-electron chi connectivity index (χ1n) is 8.71. The van der Waals surface area contributed by atoms with Crippen molar-refractivity contribution in [3.63, 3.8) is 0 Å². The Morgan fingerprint density at radius 1 is 0.967 bits per heavy atom. The fourth-order valence-corrected chi connectivity index (χ4v) is 2.04. The minimum atomic E-state index is -1.68. The summed E-state index contributed by atoms with van der Waals surface area (Å²) in [4.78, 5) is 61.3. The van der Waals surface area contributed by atoms with E-state index in [1.54, 1.807) is 0 Å². The molecule has 0 rings (SSSR count). The van der Waals surface area contributed by atoms with E-state index in [1.807, 2.05) is 5.32 Å². The van der Waals surface area contributed by atoms with E-state index in [1.165, 1.54) is 0 Å². The maximum absolute atomic E-state index is 12.0. The number of nitrogens with zero attached hydrogens (tertiary/aromatic N) is 1. The van der Waals surface area contributed by atoms with Gasteiger partial charge in [-0.15, -0.1) is 0 Å². The number of aliphatic imine (C=N–C) groups is 1. The number of aliphatic hydroxyl groups excluding tert-OH is 1. The van der Waals surface area contributed by atoms with Gasteiger partial charge in [0.15, 0.2) is 5.96 Å². The van der Waals surface area contributed by atoms with Crippen molar-refractivity contribution < 1.29 is 39.3 Å². The van der Waals surface area contributed by atoms with Crippen LogP contribution in [0.5, 0.6) is 0 Å². The van der Waals surface area contributed by atoms with Crippen LogP contribution < -0.4 is 33.2 Å². The summed E-state index contributed by atoms with van der Waals surface area (Å²) >= 11 is 0. The van der Waals surface area contributed by atoms with Crippen LogP contribution in [0.3, 0.4) is 0 Å². The van der Waals surface area contributed by atoms with Crippen molar-refractivity contribution in [2.45, 2.75) is 37.4 Å². The van der Waals surface area contributed by atoms with E-state index >= 15 is 0 Å². The SMILES string of the molecule is NC(N)=NCCC[C@H](N)C(=O)NCC(=O)NC(CC(=O)O)C(=O)N[C@@H](CO)C(=O)O. The quantitative estimate of drug-likeness (QED) is 0.0710. The Morgan fingerprint density at radius 2 is 1.60 bits per heavy atom. The second kappa shape index (κ2) is 13.7. The van der Waals surface area contributed by atoms with Gasteiger partial charge in [0.1, 0.15) is 12.1 Å². The Morgan fingerprint density at radius 3 is 2.10 bits per heavy atom. The predicted molar refractivity (Wildman–Crippen MR) is 102 cm³/mol. The number of nitrogens with one attached hydrogen (secondary N) is 3. The highest BCUT2D eigenvalue weighted by Crippen LogP contribution is 1.97. The van der Waals surface area contributed by atoms with E-state index in [-0.39, 0.29) is 18.9 Å². The molecule has 3 amide bonds. The Labute approximate surface area is 171 Å². The number of rotatable bonds is 14. The average molecular weight is 433 g/mol. The van der Waals surface area contributed by atoms with Gasteiger partial charge >= 0.3 is 11.9 Å². The molecule has 12 N–H and O–H groups in total. The van der Waals surface area contributed by atoms with Gasteiger partial charge in [0.2, 0.25) is 17.7 Å². The fourth-order valence-electron chi connectivity index (χ4n) is 2.04. The van der Waals surface area contributed by atoms with Crippen LogP contribution in [-0.2, 0) is 24.0 Å². The van der Waals surface area contributed by atoms with Crippen LogP contribution in [0.2, 0.25) is 0 Å². The van der Waals surface area contributed by atoms with Crippen molar-refractivity contribution in [1.29, 1.82) is 0 Å². The highest BCUT2D eigenvalue weighted by molar-refractivity contribution is 5.94. The molecule has 3 atom stereocenters. The van der Waals surface area contributed by atoms with Gasteiger partial charge in [-0.05, 0) is 12.8 Å². The number of carbonyl (C=O) groups excluding carboxylic acids is 3. The predicted octanol–water partition coefficient (Wildman–Crippen LogP) is -5.00. The van der Waals surface area contributed by atoms with Gasteiger partial charge in [-0.3, -0.25) is 24.2 Å². The lowest BCUT2D eigenvalue weighted by Gasteiger charge is -2.19. The smallest absolute Gasteiger partial charge is 0.328 e. The lowest BCUT2D eigenvalue weighted by Crippen LogP contribution is -2.55. The van der Waals surface area contributed by atoms with E-state index in [9.17, 15) is 24.0 Å². The molecule has 15 heteroatoms. The van der Waals surface area contributed by atoms with Crippen molar-refractivity contribution >= 4 is 35.6 Å². The van der Waals surface area contributed by atoms with Gasteiger partial charge in [-0.25, -0.2) is 4.79 Å². The molecule has 0 aromatic heterocycles. The van der Waals surface area contributed by atoms with Gasteiger partial charge in [-0.2, -0.15) is 0 Å². The minimum Gasteiger partial charge on any atom is -0.481 e. The van der Waals surface area contributed by atoms with Crippen LogP contribution in [0.1, 0.15) is 19.3 Å². The molecule has 0 aliphatic carbocycles. The monoisotopic (exact) mass is 433 g/mol. The number of aliphatic carboxylic acids is 2. The molecule has 170 valence electrons. The zero-order valence-electron chi connectivity index (χ0n) is 16.0. The molecule has 15 nitrogen and oxygen atoms in total. The minimum absolute atomic E-state index is 0.0988. The molecule has 30 heavy (non-hydrogen) atoms. The second-order valence-electron chi connectivity index (χ2n) is 6.07. The van der Waals surface area contributed by atoms with Gasteiger partial charge in [0.25, 0.3) is 0 Å². The van der Waals surface area contributed by atoms with Crippen LogP contribution in [-0.4, -0.2) is 88.8 Å². The number of carboxylic acid groups (broad SMARTS) is 2. The summed E-state index contributed by atoms with van der Waals surface area (Å²) in [5.41, 5.74) is 16.0. The fraction of sp³-hybridized carbons (Fsp3) is 0.600. The molecule has 0 radical (unpaired) electrons. The molecular formula is C15H27N7O8. The second-order valence-corrected chi connectivity index (χ2v) is 6.07. The van der Waals surface area contributed by atoms with Gasteiger partial charge in [0.05, 0.1) is 25.6 Å². The number of aliphatic hydroxyl groups is 1. The van der Waals surface area contributed by atoms with E-state index in [0.717, 1.165) is 0 Å². The molecular weight excluding hydrogens is 406 g/mol. The van der Waals surface area contributed by atoms with E-state index in [4.69, 9.17) is 32.5 Å². The molecule has 0 aliphatic heterocycles. The standard InChI is InChI=1S/C15H27N7O8/c16-7(2-1-3-19-15(17)18)12(27)20-5-10(24)21-8(4-11(25)26)13(28)22-9(6-23)14(29)30/h7-9,23H,1-6,16H2,(H,20,27)(H,21,24)(H,22,28)(H,25,26)(H,29,30)(H4,17,18,19)/t7-,8?,9-/m0/s1. The van der Waals surface area contributed by atoms with E-state index in [2.05, 4.69) is 15.6 Å². The third-order valence-corrected chi connectivity index (χ3v) is 3.56. The Balaban J connectivity index is 4.66. The van der Waals surface area contributed by atoms with Crippen molar-refractivity contribution in [3.8, 4) is 0 Å². The Bertz CT molecular complexity index is 665. The normalized spacial score (nSPS) is 13.3. The van der Waals surface area contributed by atoms with Gasteiger partial charge in [-0.1, -0.05) is 0 Å². The van der Waals surface area contributed by atoms with Crippen molar-refractivity contribution in [2.24, 2.45) is 22.2 Å². The summed E-state index contributed by atoms with van der Waals surface area (Å²) < 4.78 is 0. The molecule has 0 aromatic carbocycles. The molecule has 0 saturated heterocycles. The first-order chi connectivity index (χ1) is 14.0. The summed E-state index contributed by atoms with van der Waals surface area (Å²) in [5.74, 6) is -5.80. The lowest BCUT2D eigenvalue weighted by molar-refractivity contribution is -0.144. The lowest BCUT2D eigenvalue weighted by atomic mass is 10.1. The number of nitrogens with two attached hydrogens (primary N) is 3. The van der Waals surface area contributed by atoms with Crippen LogP contribution in [0.25, 0.3) is 0 Å². The summed E-state index contributed by atoms with van der Waals surface area (Å²) in [5, 5.41) is 32.8. The Kier molecular flexibility index (Phi) is 12.1. The first kappa shape index (κ1) is 26.5. The zero-order valence-corrected chi connectivity index (χ0v) is 16.0. The summed E-state index contributed by atoms with van der Waals surface area (Å²) in [6.45, 7) is -1.28. The molecule has 0 spiro atoms. The summed E-state index contributed by atoms with van der Waals surface area (Å²) in [6, 6.07) is -4.26. The number of guanidine groups is 1. The van der Waals surface area contributed by atoms with Gasteiger partial charge < -0.3 is 48.5 Å². The maximum atomic E-state index is 12.0. The summed E-state index contributed by atoms with van der Waals surface area (Å²) in [7, 11) is 0. The number of amides is 3. The van der Waals surface area contributed by atoms with Crippen molar-refractivity contribution in [1.82, 2.24) is 16.0 Å². The largest absolute Gasteiger partial charge is 0.481 e. The number of hydrogen-bond acceptors (Lipinski definition) is 8. The highest BCUT2D eigenvalue weighted by Gasteiger charge is 2.28. The van der Waals surface area contributed by atoms with Crippen molar-refractivity contribution in [3.05, 3.63) is 0 Å². The number of carbonyl (C=O) groups is 5. The van der Waals surface area contributed by atoms with Crippen molar-refractivity contribution in [2.75, 3.05) is 19.7 Å². The molecule has 0 aliphatic rings. The van der Waals surface area contributed by atoms with E-state index in [0.29, 0.717) is 6.42 Å². The molecule has 1 unspecified atom stereocenters. The van der Waals surface area contributed by atoms with E-state index < -0.39 is 67.4 Å². The summed E-state index contributed by atoms with van der Waals surface area (Å²) in [6.07, 6.45) is -0.214. The number of carboxylic acids is 2. The highest BCUT2D eigenvalue weighted by atomic mass is 16.4. The van der Waals surface area contributed by atoms with Gasteiger partial charge in [0, 0.05) is 6.54 Å². The third kappa shape index (κ3) is 11.4. The van der Waals surface area contributed by atoms with Crippen LogP contribution >= 0.6 is 0 Å². The maximum Gasteiger partial charge on any atom is 0.328 e. The topological polar surface area (TPSA) is 273 Å². The molecule has 0 saturated carbocycles.